The second kappa shape index (κ2) is 28.4. The van der Waals surface area contributed by atoms with E-state index in [1.807, 2.05) is 10.8 Å². The number of hydrogen-bond acceptors (Lipinski definition) is 16. The van der Waals surface area contributed by atoms with E-state index in [9.17, 15) is 26.4 Å². The lowest BCUT2D eigenvalue weighted by molar-refractivity contribution is 0.0972. The number of carbonyl (C=O) groups is 2. The zero-order valence-corrected chi connectivity index (χ0v) is 57.2. The van der Waals surface area contributed by atoms with E-state index in [0.29, 0.717) is 66.1 Å². The fourth-order valence-electron chi connectivity index (χ4n) is 12.7. The van der Waals surface area contributed by atoms with Crippen molar-refractivity contribution in [3.8, 4) is 23.4 Å². The number of sulfonamides is 2. The van der Waals surface area contributed by atoms with Crippen LogP contribution in [0, 0.1) is 61.2 Å². The minimum Gasteiger partial charge on any atom is -0.477 e. The summed E-state index contributed by atoms with van der Waals surface area (Å²) in [4.78, 5) is 37.2. The number of aryl methyl sites for hydroxylation is 4. The van der Waals surface area contributed by atoms with Gasteiger partial charge in [-0.3, -0.25) is 19.0 Å². The average molecular weight is 1330 g/mol. The number of pyridine rings is 2. The van der Waals surface area contributed by atoms with E-state index >= 15 is 0 Å². The van der Waals surface area contributed by atoms with Crippen LogP contribution < -0.4 is 29.1 Å². The highest BCUT2D eigenvalue weighted by atomic mass is 35.5. The summed E-state index contributed by atoms with van der Waals surface area (Å²) in [7, 11) is -5.02. The zero-order chi connectivity index (χ0) is 60.8. The van der Waals surface area contributed by atoms with E-state index in [-0.39, 0.29) is 76.7 Å². The maximum atomic E-state index is 13.5. The fraction of sp³-hybridized carbons (Fsp3) is 0.600. The summed E-state index contributed by atoms with van der Waals surface area (Å²) in [5, 5.41) is 20.4. The number of nitrogens with one attached hydrogen (secondary N) is 3. The minimum atomic E-state index is -4.14. The third kappa shape index (κ3) is 17.6. The van der Waals surface area contributed by atoms with E-state index < -0.39 is 31.9 Å². The highest BCUT2D eigenvalue weighted by Crippen LogP contribution is 2.51. The Bertz CT molecular complexity index is 3610. The number of halogens is 2. The van der Waals surface area contributed by atoms with Gasteiger partial charge in [0.2, 0.25) is 11.8 Å². The maximum Gasteiger partial charge on any atom is 0.268 e. The lowest BCUT2D eigenvalue weighted by Gasteiger charge is -2.34. The van der Waals surface area contributed by atoms with Gasteiger partial charge in [0, 0.05) is 68.6 Å². The molecule has 6 aromatic rings. The van der Waals surface area contributed by atoms with Crippen LogP contribution in [0.5, 0.6) is 11.8 Å². The van der Waals surface area contributed by atoms with Crippen LogP contribution in [0.2, 0.25) is 5.15 Å². The first-order chi connectivity index (χ1) is 40.2. The third-order valence-electron chi connectivity index (χ3n) is 17.2. The van der Waals surface area contributed by atoms with E-state index in [0.717, 1.165) is 60.7 Å². The molecule has 484 valence electrons. The molecule has 0 spiro atoms. The molecule has 2 atom stereocenters. The molecule has 6 fully saturated rings. The number of rotatable bonds is 21. The molecule has 2 saturated heterocycles. The predicted molar refractivity (Wildman–Crippen MR) is 350 cm³/mol. The highest BCUT2D eigenvalue weighted by Gasteiger charge is 2.43. The number of carbonyl (C=O) groups excluding carboxylic acids is 2. The molecule has 22 nitrogen and oxygen atoms in total. The Kier molecular flexibility index (Phi) is 22.6. The molecular weight excluding hydrogens is 1240 g/mol. The third-order valence-corrected chi connectivity index (χ3v) is 20.3. The summed E-state index contributed by atoms with van der Waals surface area (Å²) >= 11 is 6.23. The summed E-state index contributed by atoms with van der Waals surface area (Å²) in [5.41, 5.74) is 0.834. The van der Waals surface area contributed by atoms with Gasteiger partial charge >= 0.3 is 0 Å². The summed E-state index contributed by atoms with van der Waals surface area (Å²) in [6.45, 7) is 19.5. The molecule has 0 aromatic carbocycles. The smallest absolute Gasteiger partial charge is 0.268 e. The van der Waals surface area contributed by atoms with Gasteiger partial charge in [-0.2, -0.15) is 37.2 Å². The van der Waals surface area contributed by atoms with Crippen molar-refractivity contribution in [2.45, 2.75) is 153 Å². The van der Waals surface area contributed by atoms with Crippen molar-refractivity contribution >= 4 is 88.7 Å². The highest BCUT2D eigenvalue weighted by molar-refractivity contribution is 7.90. The molecule has 0 unspecified atom stereocenters. The number of amides is 2. The van der Waals surface area contributed by atoms with Crippen LogP contribution in [0.4, 0.5) is 5.82 Å². The topological polar surface area (TPSA) is 257 Å². The van der Waals surface area contributed by atoms with Crippen molar-refractivity contribution in [3.05, 3.63) is 88.9 Å². The van der Waals surface area contributed by atoms with Crippen LogP contribution in [0.25, 0.3) is 11.6 Å². The molecule has 4 saturated carbocycles. The molecule has 12 rings (SSSR count). The first-order valence-corrected chi connectivity index (χ1v) is 33.3. The molecule has 6 aromatic heterocycles. The molecule has 0 radical (unpaired) electrons. The van der Waals surface area contributed by atoms with Crippen molar-refractivity contribution in [1.29, 1.82) is 0 Å². The number of ether oxygens (including phenoxy) is 2. The molecule has 88 heavy (non-hydrogen) atoms. The summed E-state index contributed by atoms with van der Waals surface area (Å²) in [6, 6.07) is 9.83. The lowest BCUT2D eigenvalue weighted by atomic mass is 9.95. The molecule has 8 heterocycles. The Hall–Kier alpha value is -5.38. The quantitative estimate of drug-likeness (QED) is 0.0567. The Morgan fingerprint density at radius 3 is 1.43 bits per heavy atom. The van der Waals surface area contributed by atoms with Gasteiger partial charge in [-0.25, -0.2) is 45.6 Å². The Balaban J connectivity index is 0.000000218. The van der Waals surface area contributed by atoms with Crippen molar-refractivity contribution in [1.82, 2.24) is 63.9 Å². The zero-order valence-electron chi connectivity index (χ0n) is 52.0. The van der Waals surface area contributed by atoms with Crippen LogP contribution in [0.3, 0.4) is 0 Å². The SMILES string of the molecule is C[C@@H]1CNC(C)(C)C1.Cc1nn(C)cc1S(=O)(=O)NC(=O)c1ccc(-n2ccc(OCCC(C3CC3)C3CC3)n2)nc1Cl.Cc1nn(C)cc1S(=O)(=O)NC(=O)c1ccc(-n2ccc(OCCC(C3CC3)C3CC3)n2)nc1N1C[C@@H](C)CC1(C)C.Cl.S.S. The molecule has 2 aliphatic heterocycles. The van der Waals surface area contributed by atoms with Crippen LogP contribution >= 0.6 is 51.0 Å². The number of nitrogens with zero attached hydrogens (tertiary/aromatic N) is 11. The predicted octanol–water partition coefficient (Wildman–Crippen LogP) is 9.59. The van der Waals surface area contributed by atoms with Gasteiger partial charge < -0.3 is 19.7 Å². The Morgan fingerprint density at radius 2 is 1.08 bits per heavy atom. The molecule has 6 aliphatic rings. The fourth-order valence-corrected chi connectivity index (χ4v) is 15.3. The maximum absolute atomic E-state index is 13.5. The summed E-state index contributed by atoms with van der Waals surface area (Å²) in [6.07, 6.45) is 21.4. The van der Waals surface area contributed by atoms with Gasteiger partial charge in [0.1, 0.15) is 20.8 Å². The molecule has 28 heteroatoms. The van der Waals surface area contributed by atoms with Crippen LogP contribution in [-0.2, 0) is 34.1 Å². The normalized spacial score (nSPS) is 19.3. The van der Waals surface area contributed by atoms with E-state index in [2.05, 4.69) is 81.9 Å². The van der Waals surface area contributed by atoms with Crippen molar-refractivity contribution in [3.63, 3.8) is 0 Å². The number of hydrogen-bond donors (Lipinski definition) is 3. The largest absolute Gasteiger partial charge is 0.477 e. The second-order valence-corrected chi connectivity index (χ2v) is 29.5. The Morgan fingerprint density at radius 1 is 0.648 bits per heavy atom. The van der Waals surface area contributed by atoms with E-state index in [1.165, 1.54) is 103 Å². The summed E-state index contributed by atoms with van der Waals surface area (Å²) in [5.74, 6) is 7.09. The molecular formula is C60H88Cl2N14O8S4. The van der Waals surface area contributed by atoms with Crippen molar-refractivity contribution in [2.24, 2.45) is 61.4 Å². The molecule has 0 bridgehead atoms. The van der Waals surface area contributed by atoms with Gasteiger partial charge in [-0.15, -0.1) is 22.6 Å². The van der Waals surface area contributed by atoms with Gasteiger partial charge in [0.15, 0.2) is 11.6 Å². The standard InChI is InChI=1S/C30H41N7O4S.C23H27ClN6O4S.C7H15N.ClH.2H2S/c1-19-16-30(3,4)36(17-19)28-24(29(38)34-42(39,40)25-18-35(5)32-20(25)2)10-11-26(31-28)37-14-12-27(33-37)41-15-13-23(21-6-7-21)22-8-9-22;1-14-19(13-29(2)26-14)35(32,33)28-23(31)18-7-8-20(25-22(18)24)30-11-9-21(27-30)34-12-10-17(15-3-4-15)16-5-6-16;1-6-4-7(2,3)8-5-6;;;/h10-12,14,18-19,21-23H,6-9,13,15-17H2,1-5H3,(H,34,38);7-9,11,13,15-17H,3-6,10,12H2,1-2H3,(H,28,31);6,8H,4-5H2,1-3H3;1H;2*1H2/t19-;;6-;;;/m0.0.../s1. The second-order valence-electron chi connectivity index (χ2n) is 25.9. The molecule has 3 N–H and O–H groups in total. The average Bonchev–Trinajstić information content (AvgIpc) is 3.45. The Labute approximate surface area is 543 Å². The van der Waals surface area contributed by atoms with Gasteiger partial charge in [-0.1, -0.05) is 25.4 Å². The molecule has 4 aliphatic carbocycles. The van der Waals surface area contributed by atoms with Gasteiger partial charge in [-0.05, 0) is 197 Å². The minimum absolute atomic E-state index is 0. The lowest BCUT2D eigenvalue weighted by Crippen LogP contribution is -2.41. The molecule has 2 amide bonds. The van der Waals surface area contributed by atoms with Crippen LogP contribution in [0.15, 0.2) is 71.0 Å². The van der Waals surface area contributed by atoms with Crippen molar-refractivity contribution in [2.75, 3.05) is 31.2 Å². The van der Waals surface area contributed by atoms with Crippen LogP contribution in [-0.4, -0.2) is 115 Å². The first kappa shape index (κ1) is 70.1. The number of anilines is 1. The number of aromatic nitrogens is 10. The van der Waals surface area contributed by atoms with Crippen molar-refractivity contribution < 1.29 is 35.9 Å². The first-order valence-electron chi connectivity index (χ1n) is 29.9. The summed E-state index contributed by atoms with van der Waals surface area (Å²) < 4.78 is 73.5. The van der Waals surface area contributed by atoms with E-state index in [1.54, 1.807) is 63.2 Å². The van der Waals surface area contributed by atoms with E-state index in [4.69, 9.17) is 26.1 Å². The van der Waals surface area contributed by atoms with Gasteiger partial charge in [0.25, 0.3) is 31.9 Å². The van der Waals surface area contributed by atoms with Gasteiger partial charge in [0.05, 0.1) is 35.7 Å². The monoisotopic (exact) mass is 1330 g/mol. The van der Waals surface area contributed by atoms with Crippen LogP contribution in [0.1, 0.15) is 151 Å².